The fourth-order valence-electron chi connectivity index (χ4n) is 2.71. The Morgan fingerprint density at radius 1 is 1.26 bits per heavy atom. The van der Waals surface area contributed by atoms with Crippen LogP contribution < -0.4 is 5.32 Å². The maximum atomic E-state index is 10.2. The molecule has 3 heteroatoms. The van der Waals surface area contributed by atoms with E-state index in [0.29, 0.717) is 6.54 Å². The Bertz CT molecular complexity index is 406. The molecule has 2 unspecified atom stereocenters. The van der Waals surface area contributed by atoms with Gasteiger partial charge < -0.3 is 10.4 Å². The van der Waals surface area contributed by atoms with Gasteiger partial charge in [-0.25, -0.2) is 0 Å². The fraction of sp³-hybridized carbons (Fsp3) is 0.625. The summed E-state index contributed by atoms with van der Waals surface area (Å²) in [5.74, 6) is 0.749. The van der Waals surface area contributed by atoms with E-state index >= 15 is 0 Å². The number of rotatable bonds is 6. The van der Waals surface area contributed by atoms with Crippen molar-refractivity contribution >= 4 is 11.8 Å². The first-order valence-corrected chi connectivity index (χ1v) is 8.18. The number of nitrogens with one attached hydrogen (secondary N) is 1. The molecule has 108 valence electrons. The van der Waals surface area contributed by atoms with Gasteiger partial charge in [-0.2, -0.15) is 11.8 Å². The van der Waals surface area contributed by atoms with Crippen LogP contribution in [0.25, 0.3) is 0 Å². The van der Waals surface area contributed by atoms with Gasteiger partial charge >= 0.3 is 0 Å². The Morgan fingerprint density at radius 3 is 2.26 bits per heavy atom. The molecular formula is C16H27NOS. The van der Waals surface area contributed by atoms with E-state index in [1.54, 1.807) is 11.8 Å². The lowest BCUT2D eigenvalue weighted by atomic mass is 9.94. The summed E-state index contributed by atoms with van der Waals surface area (Å²) in [6, 6.07) is 4.70. The molecule has 1 aromatic carbocycles. The van der Waals surface area contributed by atoms with Gasteiger partial charge in [0.05, 0.1) is 5.60 Å². The molecule has 0 heterocycles. The first-order chi connectivity index (χ1) is 8.76. The Kier molecular flexibility index (Phi) is 5.90. The number of thioether (sulfide) groups is 1. The highest BCUT2D eigenvalue weighted by molar-refractivity contribution is 7.98. The lowest BCUT2D eigenvalue weighted by Gasteiger charge is -2.27. The van der Waals surface area contributed by atoms with Crippen molar-refractivity contribution in [3.8, 4) is 0 Å². The van der Waals surface area contributed by atoms with Gasteiger partial charge in [0, 0.05) is 18.3 Å². The first kappa shape index (κ1) is 16.5. The quantitative estimate of drug-likeness (QED) is 0.838. The molecule has 0 radical (unpaired) electrons. The molecule has 0 aliphatic rings. The van der Waals surface area contributed by atoms with E-state index in [4.69, 9.17) is 0 Å². The molecule has 0 aliphatic carbocycles. The van der Waals surface area contributed by atoms with E-state index in [-0.39, 0.29) is 6.04 Å². The van der Waals surface area contributed by atoms with Gasteiger partial charge in [0.25, 0.3) is 0 Å². The van der Waals surface area contributed by atoms with Crippen LogP contribution in [0.5, 0.6) is 0 Å². The second-order valence-electron chi connectivity index (χ2n) is 5.84. The number of aryl methyl sites for hydroxylation is 3. The smallest absolute Gasteiger partial charge is 0.0833 e. The zero-order valence-corrected chi connectivity index (χ0v) is 13.8. The van der Waals surface area contributed by atoms with Crippen molar-refractivity contribution in [2.24, 2.45) is 0 Å². The topological polar surface area (TPSA) is 32.3 Å². The van der Waals surface area contributed by atoms with Crippen molar-refractivity contribution in [1.29, 1.82) is 0 Å². The summed E-state index contributed by atoms with van der Waals surface area (Å²) in [4.78, 5) is 0. The number of benzene rings is 1. The fourth-order valence-corrected chi connectivity index (χ4v) is 3.44. The Morgan fingerprint density at radius 2 is 1.79 bits per heavy atom. The minimum atomic E-state index is -0.653. The molecule has 0 spiro atoms. The predicted octanol–water partition coefficient (Wildman–Crippen LogP) is 3.38. The third-order valence-corrected chi connectivity index (χ3v) is 4.33. The molecule has 2 atom stereocenters. The van der Waals surface area contributed by atoms with Gasteiger partial charge in [0.2, 0.25) is 0 Å². The maximum absolute atomic E-state index is 10.2. The molecule has 0 bridgehead atoms. The standard InChI is InChI=1S/C16H27NOS/c1-11-7-12(2)15(13(3)8-11)14(4)17-9-16(5,18)10-19-6/h7-8,14,17-18H,9-10H2,1-6H3. The van der Waals surface area contributed by atoms with Crippen LogP contribution in [0.1, 0.15) is 42.1 Å². The van der Waals surface area contributed by atoms with Gasteiger partial charge in [0.15, 0.2) is 0 Å². The second-order valence-corrected chi connectivity index (χ2v) is 6.71. The molecule has 0 aliphatic heterocycles. The largest absolute Gasteiger partial charge is 0.388 e. The monoisotopic (exact) mass is 281 g/mol. The molecule has 2 N–H and O–H groups in total. The van der Waals surface area contributed by atoms with E-state index in [0.717, 1.165) is 5.75 Å². The van der Waals surface area contributed by atoms with Crippen molar-refractivity contribution < 1.29 is 5.11 Å². The Labute approximate surface area is 122 Å². The summed E-state index contributed by atoms with van der Waals surface area (Å²) >= 11 is 1.67. The Balaban J connectivity index is 2.76. The van der Waals surface area contributed by atoms with E-state index in [1.807, 2.05) is 13.2 Å². The van der Waals surface area contributed by atoms with Crippen LogP contribution >= 0.6 is 11.8 Å². The highest BCUT2D eigenvalue weighted by atomic mass is 32.2. The number of hydrogen-bond acceptors (Lipinski definition) is 3. The molecule has 0 saturated carbocycles. The summed E-state index contributed by atoms with van der Waals surface area (Å²) in [6.45, 7) is 11.1. The lowest BCUT2D eigenvalue weighted by Crippen LogP contribution is -2.41. The number of aliphatic hydroxyl groups is 1. The van der Waals surface area contributed by atoms with Crippen molar-refractivity contribution in [1.82, 2.24) is 5.32 Å². The van der Waals surface area contributed by atoms with Crippen molar-refractivity contribution in [2.45, 2.75) is 46.3 Å². The Hall–Kier alpha value is -0.510. The molecule has 0 saturated heterocycles. The zero-order chi connectivity index (χ0) is 14.6. The van der Waals surface area contributed by atoms with E-state index in [1.165, 1.54) is 22.3 Å². The van der Waals surface area contributed by atoms with Gasteiger partial charge in [-0.1, -0.05) is 17.7 Å². The van der Waals surface area contributed by atoms with Crippen LogP contribution in [-0.2, 0) is 0 Å². The van der Waals surface area contributed by atoms with Crippen LogP contribution in [0.2, 0.25) is 0 Å². The lowest BCUT2D eigenvalue weighted by molar-refractivity contribution is 0.0820. The summed E-state index contributed by atoms with van der Waals surface area (Å²) in [6.07, 6.45) is 2.02. The van der Waals surface area contributed by atoms with Crippen LogP contribution in [0.4, 0.5) is 0 Å². The second kappa shape index (κ2) is 6.78. The normalized spacial score (nSPS) is 16.2. The summed E-state index contributed by atoms with van der Waals surface area (Å²) in [5.41, 5.74) is 4.65. The highest BCUT2D eigenvalue weighted by Gasteiger charge is 2.21. The first-order valence-electron chi connectivity index (χ1n) is 6.79. The third kappa shape index (κ3) is 4.83. The van der Waals surface area contributed by atoms with Crippen molar-refractivity contribution in [3.05, 3.63) is 34.4 Å². The highest BCUT2D eigenvalue weighted by Crippen LogP contribution is 2.23. The molecule has 0 fully saturated rings. The molecule has 0 amide bonds. The summed E-state index contributed by atoms with van der Waals surface area (Å²) in [7, 11) is 0. The SMILES string of the molecule is CSCC(C)(O)CNC(C)c1c(C)cc(C)cc1C. The average molecular weight is 281 g/mol. The molecule has 1 rings (SSSR count). The van der Waals surface area contributed by atoms with Crippen LogP contribution in [0, 0.1) is 20.8 Å². The van der Waals surface area contributed by atoms with E-state index in [2.05, 4.69) is 45.1 Å². The summed E-state index contributed by atoms with van der Waals surface area (Å²) < 4.78 is 0. The molecule has 0 aromatic heterocycles. The van der Waals surface area contributed by atoms with Crippen LogP contribution in [0.3, 0.4) is 0 Å². The molecule has 1 aromatic rings. The van der Waals surface area contributed by atoms with Crippen molar-refractivity contribution in [2.75, 3.05) is 18.6 Å². The van der Waals surface area contributed by atoms with E-state index < -0.39 is 5.60 Å². The van der Waals surface area contributed by atoms with E-state index in [9.17, 15) is 5.11 Å². The summed E-state index contributed by atoms with van der Waals surface area (Å²) in [5, 5.41) is 13.7. The number of hydrogen-bond donors (Lipinski definition) is 2. The average Bonchev–Trinajstić information content (AvgIpc) is 2.25. The minimum absolute atomic E-state index is 0.258. The molecule has 2 nitrogen and oxygen atoms in total. The van der Waals surface area contributed by atoms with Gasteiger partial charge in [-0.3, -0.25) is 0 Å². The molecular weight excluding hydrogens is 254 g/mol. The van der Waals surface area contributed by atoms with Gasteiger partial charge in [0.1, 0.15) is 0 Å². The van der Waals surface area contributed by atoms with Crippen LogP contribution in [-0.4, -0.2) is 29.3 Å². The van der Waals surface area contributed by atoms with Gasteiger partial charge in [-0.15, -0.1) is 0 Å². The maximum Gasteiger partial charge on any atom is 0.0833 e. The predicted molar refractivity (Wildman–Crippen MR) is 86.1 cm³/mol. The zero-order valence-electron chi connectivity index (χ0n) is 13.0. The van der Waals surface area contributed by atoms with Gasteiger partial charge in [-0.05, 0) is 57.6 Å². The molecule has 19 heavy (non-hydrogen) atoms. The third-order valence-electron chi connectivity index (χ3n) is 3.42. The van der Waals surface area contributed by atoms with Crippen LogP contribution in [0.15, 0.2) is 12.1 Å². The van der Waals surface area contributed by atoms with Crippen molar-refractivity contribution in [3.63, 3.8) is 0 Å². The minimum Gasteiger partial charge on any atom is -0.388 e.